The van der Waals surface area contributed by atoms with Crippen LogP contribution in [0.2, 0.25) is 5.02 Å². The first-order valence-corrected chi connectivity index (χ1v) is 9.88. The maximum absolute atomic E-state index is 12.2. The van der Waals surface area contributed by atoms with E-state index in [9.17, 15) is 18.0 Å². The molecule has 1 aromatic heterocycles. The molecule has 0 spiro atoms. The van der Waals surface area contributed by atoms with Gasteiger partial charge in [0.2, 0.25) is 5.91 Å². The van der Waals surface area contributed by atoms with Crippen molar-refractivity contribution in [3.63, 3.8) is 0 Å². The molecule has 152 valence electrons. The van der Waals surface area contributed by atoms with E-state index in [4.69, 9.17) is 11.6 Å². The van der Waals surface area contributed by atoms with Gasteiger partial charge >= 0.3 is 6.18 Å². The lowest BCUT2D eigenvalue weighted by Gasteiger charge is -2.11. The summed E-state index contributed by atoms with van der Waals surface area (Å²) in [7, 11) is 0. The normalized spacial score (nSPS) is 11.4. The number of rotatable bonds is 7. The lowest BCUT2D eigenvalue weighted by molar-refractivity contribution is -0.136. The molecule has 10 heteroatoms. The SMILES string of the molecule is O=C(CSc1nnc(Cc2ccccc2)n1-c1ccc(Cl)cc1)NCC(F)(F)F. The molecule has 0 atom stereocenters. The van der Waals surface area contributed by atoms with Crippen LogP contribution >= 0.6 is 23.4 Å². The summed E-state index contributed by atoms with van der Waals surface area (Å²) in [5.41, 5.74) is 1.76. The molecule has 0 radical (unpaired) electrons. The van der Waals surface area contributed by atoms with E-state index < -0.39 is 18.6 Å². The first-order chi connectivity index (χ1) is 13.8. The van der Waals surface area contributed by atoms with Crippen molar-refractivity contribution < 1.29 is 18.0 Å². The molecule has 29 heavy (non-hydrogen) atoms. The van der Waals surface area contributed by atoms with Gasteiger partial charge in [0.25, 0.3) is 0 Å². The number of amides is 1. The molecule has 3 rings (SSSR count). The summed E-state index contributed by atoms with van der Waals surface area (Å²) in [5.74, 6) is -0.313. The molecule has 0 unspecified atom stereocenters. The number of nitrogens with one attached hydrogen (secondary N) is 1. The van der Waals surface area contributed by atoms with Crippen molar-refractivity contribution in [1.29, 1.82) is 0 Å². The van der Waals surface area contributed by atoms with E-state index in [0.717, 1.165) is 23.0 Å². The molecular formula is C19H16ClF3N4OS. The first kappa shape index (κ1) is 21.2. The summed E-state index contributed by atoms with van der Waals surface area (Å²) in [6, 6.07) is 16.7. The predicted molar refractivity (Wildman–Crippen MR) is 105 cm³/mol. The van der Waals surface area contributed by atoms with Crippen LogP contribution in [0.3, 0.4) is 0 Å². The highest BCUT2D eigenvalue weighted by molar-refractivity contribution is 7.99. The Labute approximate surface area is 174 Å². The summed E-state index contributed by atoms with van der Waals surface area (Å²) in [6.07, 6.45) is -3.95. The van der Waals surface area contributed by atoms with Crippen molar-refractivity contribution in [3.8, 4) is 5.69 Å². The minimum absolute atomic E-state index is 0.215. The van der Waals surface area contributed by atoms with E-state index in [1.807, 2.05) is 35.6 Å². The van der Waals surface area contributed by atoms with Gasteiger partial charge in [-0.3, -0.25) is 9.36 Å². The molecule has 0 aliphatic heterocycles. The third kappa shape index (κ3) is 6.23. The number of carbonyl (C=O) groups excluding carboxylic acids is 1. The van der Waals surface area contributed by atoms with Gasteiger partial charge in [0.1, 0.15) is 12.4 Å². The van der Waals surface area contributed by atoms with Crippen LogP contribution in [-0.2, 0) is 11.2 Å². The standard InChI is InChI=1S/C19H16ClF3N4OS/c20-14-6-8-15(9-7-14)27-16(10-13-4-2-1-3-5-13)25-26-18(27)29-11-17(28)24-12-19(21,22)23/h1-9H,10-12H2,(H,24,28). The first-order valence-electron chi connectivity index (χ1n) is 8.52. The Balaban J connectivity index is 1.81. The van der Waals surface area contributed by atoms with E-state index in [2.05, 4.69) is 10.2 Å². The maximum atomic E-state index is 12.2. The summed E-state index contributed by atoms with van der Waals surface area (Å²) >= 11 is 6.98. The van der Waals surface area contributed by atoms with Gasteiger partial charge in [-0.1, -0.05) is 53.7 Å². The number of thioether (sulfide) groups is 1. The summed E-state index contributed by atoms with van der Waals surface area (Å²) in [4.78, 5) is 11.7. The van der Waals surface area contributed by atoms with E-state index >= 15 is 0 Å². The van der Waals surface area contributed by atoms with Gasteiger partial charge < -0.3 is 5.32 Å². The zero-order chi connectivity index (χ0) is 20.9. The number of hydrogen-bond acceptors (Lipinski definition) is 4. The fourth-order valence-corrected chi connectivity index (χ4v) is 3.44. The number of halogens is 4. The highest BCUT2D eigenvalue weighted by Crippen LogP contribution is 2.24. The number of alkyl halides is 3. The second-order valence-electron chi connectivity index (χ2n) is 6.05. The fraction of sp³-hybridized carbons (Fsp3) is 0.211. The zero-order valence-electron chi connectivity index (χ0n) is 15.0. The molecule has 0 aliphatic carbocycles. The second kappa shape index (κ2) is 9.32. The van der Waals surface area contributed by atoms with Gasteiger partial charge in [-0.15, -0.1) is 10.2 Å². The Morgan fingerprint density at radius 1 is 1.07 bits per heavy atom. The topological polar surface area (TPSA) is 59.8 Å². The van der Waals surface area contributed by atoms with E-state index in [1.165, 1.54) is 0 Å². The van der Waals surface area contributed by atoms with Crippen molar-refractivity contribution >= 4 is 29.3 Å². The van der Waals surface area contributed by atoms with Crippen LogP contribution in [0.5, 0.6) is 0 Å². The fourth-order valence-electron chi connectivity index (χ4n) is 2.52. The Morgan fingerprint density at radius 2 is 1.76 bits per heavy atom. The molecule has 1 amide bonds. The highest BCUT2D eigenvalue weighted by Gasteiger charge is 2.27. The number of aromatic nitrogens is 3. The molecule has 0 fully saturated rings. The third-order valence-corrected chi connectivity index (χ3v) is 4.99. The minimum Gasteiger partial charge on any atom is -0.346 e. The van der Waals surface area contributed by atoms with Crippen LogP contribution in [-0.4, -0.2) is 39.1 Å². The lowest BCUT2D eigenvalue weighted by Crippen LogP contribution is -2.34. The number of benzene rings is 2. The van der Waals surface area contributed by atoms with Crippen molar-refractivity contribution in [2.45, 2.75) is 17.8 Å². The van der Waals surface area contributed by atoms with Crippen LogP contribution in [0, 0.1) is 0 Å². The van der Waals surface area contributed by atoms with Crippen molar-refractivity contribution in [3.05, 3.63) is 71.0 Å². The van der Waals surface area contributed by atoms with Crippen LogP contribution in [0.15, 0.2) is 59.8 Å². The van der Waals surface area contributed by atoms with Gasteiger partial charge in [-0.25, -0.2) is 0 Å². The number of hydrogen-bond donors (Lipinski definition) is 1. The van der Waals surface area contributed by atoms with Crippen LogP contribution in [0.1, 0.15) is 11.4 Å². The van der Waals surface area contributed by atoms with Crippen molar-refractivity contribution in [1.82, 2.24) is 20.1 Å². The maximum Gasteiger partial charge on any atom is 0.405 e. The average molecular weight is 441 g/mol. The van der Waals surface area contributed by atoms with E-state index in [1.54, 1.807) is 28.8 Å². The van der Waals surface area contributed by atoms with Crippen molar-refractivity contribution in [2.75, 3.05) is 12.3 Å². The summed E-state index contributed by atoms with van der Waals surface area (Å²) in [5, 5.41) is 11.2. The minimum atomic E-state index is -4.45. The van der Waals surface area contributed by atoms with Gasteiger partial charge in [0, 0.05) is 17.1 Å². The Morgan fingerprint density at radius 3 is 2.41 bits per heavy atom. The average Bonchev–Trinajstić information content (AvgIpc) is 3.08. The van der Waals surface area contributed by atoms with Crippen LogP contribution in [0.25, 0.3) is 5.69 Å². The smallest absolute Gasteiger partial charge is 0.346 e. The largest absolute Gasteiger partial charge is 0.405 e. The molecule has 5 nitrogen and oxygen atoms in total. The number of nitrogens with zero attached hydrogens (tertiary/aromatic N) is 3. The Hall–Kier alpha value is -2.52. The van der Waals surface area contributed by atoms with Crippen LogP contribution < -0.4 is 5.32 Å². The predicted octanol–water partition coefficient (Wildman–Crippen LogP) is 4.28. The molecule has 0 saturated carbocycles. The second-order valence-corrected chi connectivity index (χ2v) is 7.43. The molecule has 1 heterocycles. The zero-order valence-corrected chi connectivity index (χ0v) is 16.6. The van der Waals surface area contributed by atoms with E-state index in [0.29, 0.717) is 22.4 Å². The van der Waals surface area contributed by atoms with Gasteiger partial charge in [0.15, 0.2) is 5.16 Å². The summed E-state index contributed by atoms with van der Waals surface area (Å²) < 4.78 is 38.5. The molecule has 2 aromatic carbocycles. The van der Waals surface area contributed by atoms with Crippen LogP contribution in [0.4, 0.5) is 13.2 Å². The Bertz CT molecular complexity index is 962. The molecule has 0 bridgehead atoms. The summed E-state index contributed by atoms with van der Waals surface area (Å²) in [6.45, 7) is -1.37. The third-order valence-electron chi connectivity index (χ3n) is 3.81. The quantitative estimate of drug-likeness (QED) is 0.557. The molecule has 0 aliphatic rings. The molecule has 1 N–H and O–H groups in total. The van der Waals surface area contributed by atoms with Gasteiger partial charge in [-0.2, -0.15) is 13.2 Å². The number of carbonyl (C=O) groups is 1. The molecule has 3 aromatic rings. The molecule has 0 saturated heterocycles. The van der Waals surface area contributed by atoms with Gasteiger partial charge in [0.05, 0.1) is 5.75 Å². The molecular weight excluding hydrogens is 425 g/mol. The van der Waals surface area contributed by atoms with E-state index in [-0.39, 0.29) is 5.75 Å². The van der Waals surface area contributed by atoms with Gasteiger partial charge in [-0.05, 0) is 29.8 Å². The lowest BCUT2D eigenvalue weighted by atomic mass is 10.1. The monoisotopic (exact) mass is 440 g/mol. The Kier molecular flexibility index (Phi) is 6.81. The highest BCUT2D eigenvalue weighted by atomic mass is 35.5. The van der Waals surface area contributed by atoms with Crippen molar-refractivity contribution in [2.24, 2.45) is 0 Å².